The number of thioether (sulfide) groups is 1. The molecule has 0 bridgehead atoms. The summed E-state index contributed by atoms with van der Waals surface area (Å²) in [5.74, 6) is -3.10. The predicted molar refractivity (Wildman–Crippen MR) is 118 cm³/mol. The van der Waals surface area contributed by atoms with Crippen LogP contribution in [-0.2, 0) is 25.6 Å². The summed E-state index contributed by atoms with van der Waals surface area (Å²) in [5, 5.41) is 25.6. The molecule has 8 N–H and O–H groups in total. The van der Waals surface area contributed by atoms with Gasteiger partial charge in [-0.15, -0.1) is 0 Å². The van der Waals surface area contributed by atoms with Crippen LogP contribution in [0.15, 0.2) is 12.5 Å². The molecule has 4 unspecified atom stereocenters. The fourth-order valence-corrected chi connectivity index (χ4v) is 3.15. The molecule has 12 nitrogen and oxygen atoms in total. The Balaban J connectivity index is 2.77. The van der Waals surface area contributed by atoms with E-state index in [-0.39, 0.29) is 18.6 Å². The van der Waals surface area contributed by atoms with Gasteiger partial charge >= 0.3 is 5.97 Å². The second-order valence-corrected chi connectivity index (χ2v) is 7.91. The molecule has 0 fully saturated rings. The lowest BCUT2D eigenvalue weighted by Crippen LogP contribution is -2.58. The number of H-pyrrole nitrogens is 1. The van der Waals surface area contributed by atoms with E-state index in [4.69, 9.17) is 10.8 Å². The Labute approximate surface area is 188 Å². The van der Waals surface area contributed by atoms with Crippen LogP contribution < -0.4 is 21.7 Å². The monoisotopic (exact) mass is 476 g/mol. The number of imidazole rings is 1. The number of hydrogen-bond acceptors (Lipinski definition) is 9. The second-order valence-electron chi connectivity index (χ2n) is 6.56. The van der Waals surface area contributed by atoms with E-state index in [9.17, 15) is 24.3 Å². The van der Waals surface area contributed by atoms with Crippen molar-refractivity contribution in [3.05, 3.63) is 18.2 Å². The Hall–Kier alpha value is -2.29. The highest BCUT2D eigenvalue weighted by molar-refractivity contribution is 7.98. The molecule has 0 aliphatic carbocycles. The lowest BCUT2D eigenvalue weighted by atomic mass is 10.1. The third kappa shape index (κ3) is 9.16. The molecule has 4 atom stereocenters. The molecule has 0 saturated carbocycles. The van der Waals surface area contributed by atoms with Crippen molar-refractivity contribution in [1.82, 2.24) is 25.9 Å². The van der Waals surface area contributed by atoms with E-state index in [1.165, 1.54) is 24.3 Å². The molecule has 0 spiro atoms. The normalized spacial score (nSPS) is 14.7. The van der Waals surface area contributed by atoms with Gasteiger partial charge in [0.2, 0.25) is 17.7 Å². The molecule has 31 heavy (non-hydrogen) atoms. The molecule has 1 heterocycles. The number of nitrogens with one attached hydrogen (secondary N) is 4. The quantitative estimate of drug-likeness (QED) is 0.134. The number of rotatable bonds is 14. The van der Waals surface area contributed by atoms with Crippen molar-refractivity contribution >= 4 is 48.1 Å². The molecular weight excluding hydrogens is 448 g/mol. The van der Waals surface area contributed by atoms with Crippen LogP contribution in [0.4, 0.5) is 0 Å². The SMILES string of the molecule is CSCCC(NC(=O)C(N)Cc1cnc[nH]1)C(=O)NC(CO)C(=O)NC(CS)C(=O)O. The third-order valence-electron chi connectivity index (χ3n) is 4.19. The molecular formula is C17H28N6O6S2. The summed E-state index contributed by atoms with van der Waals surface area (Å²) in [7, 11) is 0. The highest BCUT2D eigenvalue weighted by Crippen LogP contribution is 2.04. The standard InChI is InChI=1S/C17H28N6O6S2/c1-31-3-2-11(21-14(25)10(18)4-9-5-19-8-20-9)15(26)22-12(6-24)16(27)23-13(7-30)17(28)29/h5,8,10-13,24,30H,2-4,6-7,18H2,1H3,(H,19,20)(H,21,25)(H,22,26)(H,23,27)(H,28,29). The second kappa shape index (κ2) is 13.9. The first-order chi connectivity index (χ1) is 14.7. The maximum absolute atomic E-state index is 12.7. The Morgan fingerprint density at radius 1 is 1.16 bits per heavy atom. The number of thiol groups is 1. The van der Waals surface area contributed by atoms with Crippen LogP contribution in [0.3, 0.4) is 0 Å². The number of hydrogen-bond donors (Lipinski definition) is 8. The van der Waals surface area contributed by atoms with E-state index in [1.54, 1.807) is 0 Å². The Morgan fingerprint density at radius 3 is 2.29 bits per heavy atom. The molecule has 3 amide bonds. The summed E-state index contributed by atoms with van der Waals surface area (Å²) < 4.78 is 0. The highest BCUT2D eigenvalue weighted by Gasteiger charge is 2.29. The number of aliphatic hydroxyl groups is 1. The minimum Gasteiger partial charge on any atom is -0.480 e. The van der Waals surface area contributed by atoms with Crippen molar-refractivity contribution < 1.29 is 29.4 Å². The minimum atomic E-state index is -1.40. The zero-order valence-corrected chi connectivity index (χ0v) is 18.6. The van der Waals surface area contributed by atoms with E-state index in [2.05, 4.69) is 38.5 Å². The average molecular weight is 477 g/mol. The van der Waals surface area contributed by atoms with Crippen LogP contribution in [0.5, 0.6) is 0 Å². The van der Waals surface area contributed by atoms with E-state index < -0.39 is 54.5 Å². The average Bonchev–Trinajstić information content (AvgIpc) is 3.25. The molecule has 14 heteroatoms. The number of aromatic amines is 1. The van der Waals surface area contributed by atoms with Crippen LogP contribution >= 0.6 is 24.4 Å². The zero-order valence-electron chi connectivity index (χ0n) is 16.9. The van der Waals surface area contributed by atoms with Gasteiger partial charge < -0.3 is 36.9 Å². The fourth-order valence-electron chi connectivity index (χ4n) is 2.43. The van der Waals surface area contributed by atoms with Crippen molar-refractivity contribution in [2.24, 2.45) is 5.73 Å². The lowest BCUT2D eigenvalue weighted by molar-refractivity contribution is -0.142. The van der Waals surface area contributed by atoms with Gasteiger partial charge in [-0.1, -0.05) is 0 Å². The molecule has 1 aromatic heterocycles. The van der Waals surface area contributed by atoms with Crippen molar-refractivity contribution in [2.45, 2.75) is 37.0 Å². The first-order valence-electron chi connectivity index (χ1n) is 9.30. The van der Waals surface area contributed by atoms with E-state index in [0.29, 0.717) is 11.4 Å². The Morgan fingerprint density at radius 2 is 1.77 bits per heavy atom. The summed E-state index contributed by atoms with van der Waals surface area (Å²) in [6, 6.07) is -4.63. The largest absolute Gasteiger partial charge is 0.480 e. The van der Waals surface area contributed by atoms with Gasteiger partial charge in [0.25, 0.3) is 0 Å². The van der Waals surface area contributed by atoms with Crippen LogP contribution in [-0.4, -0.2) is 92.4 Å². The highest BCUT2D eigenvalue weighted by atomic mass is 32.2. The van der Waals surface area contributed by atoms with Gasteiger partial charge in [-0.25, -0.2) is 9.78 Å². The van der Waals surface area contributed by atoms with E-state index in [1.807, 2.05) is 6.26 Å². The van der Waals surface area contributed by atoms with E-state index in [0.717, 1.165) is 0 Å². The third-order valence-corrected chi connectivity index (χ3v) is 5.20. The van der Waals surface area contributed by atoms with Gasteiger partial charge in [0.05, 0.1) is 19.0 Å². The van der Waals surface area contributed by atoms with Gasteiger partial charge in [0.1, 0.15) is 18.1 Å². The summed E-state index contributed by atoms with van der Waals surface area (Å²) in [5.41, 5.74) is 6.55. The number of carbonyl (C=O) groups is 4. The molecule has 0 radical (unpaired) electrons. The van der Waals surface area contributed by atoms with Crippen LogP contribution in [0, 0.1) is 0 Å². The minimum absolute atomic E-state index is 0.173. The number of carbonyl (C=O) groups excluding carboxylic acids is 3. The van der Waals surface area contributed by atoms with Gasteiger partial charge in [-0.3, -0.25) is 14.4 Å². The van der Waals surface area contributed by atoms with E-state index >= 15 is 0 Å². The van der Waals surface area contributed by atoms with Crippen molar-refractivity contribution in [3.8, 4) is 0 Å². The van der Waals surface area contributed by atoms with Crippen molar-refractivity contribution in [2.75, 3.05) is 24.4 Å². The topological polar surface area (TPSA) is 200 Å². The maximum atomic E-state index is 12.7. The van der Waals surface area contributed by atoms with Crippen LogP contribution in [0.1, 0.15) is 12.1 Å². The van der Waals surface area contributed by atoms with Crippen molar-refractivity contribution in [3.63, 3.8) is 0 Å². The predicted octanol–water partition coefficient (Wildman–Crippen LogP) is -2.51. The number of nitrogens with two attached hydrogens (primary N) is 1. The molecule has 0 aromatic carbocycles. The maximum Gasteiger partial charge on any atom is 0.327 e. The summed E-state index contributed by atoms with van der Waals surface area (Å²) in [4.78, 5) is 55.1. The fraction of sp³-hybridized carbons (Fsp3) is 0.588. The number of aromatic nitrogens is 2. The molecule has 1 aromatic rings. The summed E-state index contributed by atoms with van der Waals surface area (Å²) in [6.45, 7) is -0.765. The number of aliphatic hydroxyl groups excluding tert-OH is 1. The van der Waals surface area contributed by atoms with Gasteiger partial charge in [0, 0.05) is 24.1 Å². The number of carboxylic acid groups (broad SMARTS) is 1. The Bertz CT molecular complexity index is 735. The molecule has 0 aliphatic rings. The van der Waals surface area contributed by atoms with Crippen LogP contribution in [0.2, 0.25) is 0 Å². The summed E-state index contributed by atoms with van der Waals surface area (Å²) >= 11 is 5.30. The molecule has 174 valence electrons. The molecule has 0 aliphatic heterocycles. The molecule has 0 saturated heterocycles. The van der Waals surface area contributed by atoms with Crippen LogP contribution in [0.25, 0.3) is 0 Å². The Kier molecular flexibility index (Phi) is 12.0. The van der Waals surface area contributed by atoms with Crippen molar-refractivity contribution in [1.29, 1.82) is 0 Å². The summed E-state index contributed by atoms with van der Waals surface area (Å²) in [6.07, 6.45) is 5.25. The van der Waals surface area contributed by atoms with Gasteiger partial charge in [0.15, 0.2) is 0 Å². The number of nitrogens with zero attached hydrogens (tertiary/aromatic N) is 1. The number of carboxylic acids is 1. The first kappa shape index (κ1) is 26.7. The number of amides is 3. The zero-order chi connectivity index (χ0) is 23.4. The lowest BCUT2D eigenvalue weighted by Gasteiger charge is -2.24. The van der Waals surface area contributed by atoms with Gasteiger partial charge in [-0.05, 0) is 18.4 Å². The first-order valence-corrected chi connectivity index (χ1v) is 11.3. The number of aliphatic carboxylic acids is 1. The van der Waals surface area contributed by atoms with Gasteiger partial charge in [-0.2, -0.15) is 24.4 Å². The molecule has 1 rings (SSSR count). The smallest absolute Gasteiger partial charge is 0.327 e.